The van der Waals surface area contributed by atoms with Gasteiger partial charge in [0.25, 0.3) is 0 Å². The Morgan fingerprint density at radius 1 is 1.19 bits per heavy atom. The number of carboxylic acid groups (broad SMARTS) is 1. The van der Waals surface area contributed by atoms with Gasteiger partial charge in [0.15, 0.2) is 0 Å². The maximum absolute atomic E-state index is 13.0. The van der Waals surface area contributed by atoms with Crippen molar-refractivity contribution in [1.82, 2.24) is 4.90 Å². The number of rotatable bonds is 4. The SMILES string of the molecule is CC(C(=O)Nc1cccc(C(F)(F)F)c1)N1C[C@@H](C(F)(F)F)[C@H](C(=O)O)C1. The van der Waals surface area contributed by atoms with Crippen LogP contribution < -0.4 is 5.32 Å². The number of likely N-dealkylation sites (tertiary alicyclic amines) is 1. The lowest BCUT2D eigenvalue weighted by molar-refractivity contribution is -0.188. The Morgan fingerprint density at radius 2 is 1.81 bits per heavy atom. The molecule has 0 aromatic heterocycles. The van der Waals surface area contributed by atoms with Crippen molar-refractivity contribution < 1.29 is 41.0 Å². The van der Waals surface area contributed by atoms with E-state index in [1.54, 1.807) is 0 Å². The number of amides is 1. The molecule has 1 aliphatic heterocycles. The molecular formula is C16H16F6N2O3. The summed E-state index contributed by atoms with van der Waals surface area (Å²) < 4.78 is 77.1. The van der Waals surface area contributed by atoms with Gasteiger partial charge < -0.3 is 10.4 Å². The maximum atomic E-state index is 13.0. The summed E-state index contributed by atoms with van der Waals surface area (Å²) in [5.41, 5.74) is -1.15. The highest BCUT2D eigenvalue weighted by molar-refractivity contribution is 5.94. The third-order valence-electron chi connectivity index (χ3n) is 4.47. The van der Waals surface area contributed by atoms with E-state index in [4.69, 9.17) is 5.11 Å². The fourth-order valence-electron chi connectivity index (χ4n) is 2.92. The van der Waals surface area contributed by atoms with E-state index in [0.29, 0.717) is 6.07 Å². The van der Waals surface area contributed by atoms with Crippen LogP contribution in [0.15, 0.2) is 24.3 Å². The molecule has 11 heteroatoms. The van der Waals surface area contributed by atoms with Crippen LogP contribution in [0.2, 0.25) is 0 Å². The number of aliphatic carboxylic acids is 1. The van der Waals surface area contributed by atoms with Crippen molar-refractivity contribution in [3.8, 4) is 0 Å². The Balaban J connectivity index is 2.11. The van der Waals surface area contributed by atoms with Crippen LogP contribution in [0, 0.1) is 11.8 Å². The van der Waals surface area contributed by atoms with Gasteiger partial charge in [-0.2, -0.15) is 26.3 Å². The van der Waals surface area contributed by atoms with E-state index in [1.165, 1.54) is 13.0 Å². The zero-order valence-corrected chi connectivity index (χ0v) is 13.9. The first-order valence-electron chi connectivity index (χ1n) is 7.82. The molecule has 1 saturated heterocycles. The molecule has 1 aromatic carbocycles. The summed E-state index contributed by atoms with van der Waals surface area (Å²) in [6.07, 6.45) is -9.36. The highest BCUT2D eigenvalue weighted by atomic mass is 19.4. The van der Waals surface area contributed by atoms with Crippen molar-refractivity contribution >= 4 is 17.6 Å². The molecule has 5 nitrogen and oxygen atoms in total. The average molecular weight is 398 g/mol. The Kier molecular flexibility index (Phi) is 5.74. The van der Waals surface area contributed by atoms with Gasteiger partial charge >= 0.3 is 18.3 Å². The van der Waals surface area contributed by atoms with E-state index in [-0.39, 0.29) is 5.69 Å². The molecule has 1 heterocycles. The predicted octanol–water partition coefficient (Wildman–Crippen LogP) is 3.23. The standard InChI is InChI=1S/C16H16F6N2O3/c1-8(24-6-11(14(26)27)12(7-24)16(20,21)22)13(25)23-10-4-2-3-9(5-10)15(17,18)19/h2-5,8,11-12H,6-7H2,1H3,(H,23,25)(H,26,27)/t8?,11-,12-/m1/s1. The lowest BCUT2D eigenvalue weighted by Gasteiger charge is -2.24. The van der Waals surface area contributed by atoms with Crippen LogP contribution >= 0.6 is 0 Å². The van der Waals surface area contributed by atoms with Crippen LogP contribution in [0.1, 0.15) is 12.5 Å². The predicted molar refractivity (Wildman–Crippen MR) is 81.8 cm³/mol. The van der Waals surface area contributed by atoms with Crippen LogP contribution in [-0.4, -0.2) is 47.2 Å². The molecule has 150 valence electrons. The number of hydrogen-bond donors (Lipinski definition) is 2. The first-order chi connectivity index (χ1) is 12.3. The van der Waals surface area contributed by atoms with E-state index in [1.807, 2.05) is 0 Å². The summed E-state index contributed by atoms with van der Waals surface area (Å²) in [5.74, 6) is -6.29. The van der Waals surface area contributed by atoms with Gasteiger partial charge in [0.1, 0.15) is 0 Å². The zero-order chi connectivity index (χ0) is 20.6. The fraction of sp³-hybridized carbons (Fsp3) is 0.500. The topological polar surface area (TPSA) is 69.6 Å². The quantitative estimate of drug-likeness (QED) is 0.765. The second-order valence-corrected chi connectivity index (χ2v) is 6.29. The third-order valence-corrected chi connectivity index (χ3v) is 4.47. The first kappa shape index (κ1) is 21.0. The van der Waals surface area contributed by atoms with Crippen LogP contribution in [0.4, 0.5) is 32.0 Å². The lowest BCUT2D eigenvalue weighted by atomic mass is 9.96. The highest BCUT2D eigenvalue weighted by Gasteiger charge is 2.53. The Bertz CT molecular complexity index is 719. The first-order valence-corrected chi connectivity index (χ1v) is 7.82. The number of alkyl halides is 6. The molecule has 0 aliphatic carbocycles. The summed E-state index contributed by atoms with van der Waals surface area (Å²) in [4.78, 5) is 24.4. The minimum atomic E-state index is -4.74. The number of carboxylic acids is 1. The number of nitrogens with zero attached hydrogens (tertiary/aromatic N) is 1. The molecule has 2 rings (SSSR count). The highest BCUT2D eigenvalue weighted by Crippen LogP contribution is 2.38. The summed E-state index contributed by atoms with van der Waals surface area (Å²) in [6.45, 7) is 0.0922. The second kappa shape index (κ2) is 7.37. The van der Waals surface area contributed by atoms with Crippen LogP contribution in [0.5, 0.6) is 0 Å². The molecule has 0 saturated carbocycles. The molecule has 1 aromatic rings. The number of hydrogen-bond acceptors (Lipinski definition) is 3. The van der Waals surface area contributed by atoms with Gasteiger partial charge in [-0.05, 0) is 25.1 Å². The van der Waals surface area contributed by atoms with Crippen molar-refractivity contribution in [2.45, 2.75) is 25.3 Å². The number of nitrogens with one attached hydrogen (secondary N) is 1. The van der Waals surface area contributed by atoms with Crippen molar-refractivity contribution in [2.75, 3.05) is 18.4 Å². The molecule has 1 fully saturated rings. The molecule has 1 aliphatic rings. The van der Waals surface area contributed by atoms with Gasteiger partial charge in [-0.3, -0.25) is 14.5 Å². The van der Waals surface area contributed by atoms with Crippen molar-refractivity contribution in [2.24, 2.45) is 11.8 Å². The summed E-state index contributed by atoms with van der Waals surface area (Å²) in [7, 11) is 0. The second-order valence-electron chi connectivity index (χ2n) is 6.29. The Labute approximate surface area is 149 Å². The third kappa shape index (κ3) is 4.90. The molecule has 0 bridgehead atoms. The van der Waals surface area contributed by atoms with Gasteiger partial charge in [-0.1, -0.05) is 6.07 Å². The van der Waals surface area contributed by atoms with E-state index < -0.39 is 60.8 Å². The average Bonchev–Trinajstić information content (AvgIpc) is 2.99. The summed E-state index contributed by atoms with van der Waals surface area (Å²) >= 11 is 0. The van der Waals surface area contributed by atoms with E-state index >= 15 is 0 Å². The number of halogens is 6. The number of benzene rings is 1. The van der Waals surface area contributed by atoms with Crippen molar-refractivity contribution in [1.29, 1.82) is 0 Å². The minimum Gasteiger partial charge on any atom is -0.481 e. The number of carbonyl (C=O) groups excluding carboxylic acids is 1. The lowest BCUT2D eigenvalue weighted by Crippen LogP contribution is -2.41. The molecule has 1 amide bonds. The molecule has 2 N–H and O–H groups in total. The molecule has 27 heavy (non-hydrogen) atoms. The maximum Gasteiger partial charge on any atom is 0.416 e. The Hall–Kier alpha value is -2.30. The smallest absolute Gasteiger partial charge is 0.416 e. The largest absolute Gasteiger partial charge is 0.481 e. The molecule has 0 radical (unpaired) electrons. The normalized spacial score (nSPS) is 22.5. The Morgan fingerprint density at radius 3 is 2.30 bits per heavy atom. The van der Waals surface area contributed by atoms with Gasteiger partial charge in [-0.25, -0.2) is 0 Å². The molecular weight excluding hydrogens is 382 g/mol. The fourth-order valence-corrected chi connectivity index (χ4v) is 2.92. The monoisotopic (exact) mass is 398 g/mol. The van der Waals surface area contributed by atoms with Crippen LogP contribution in [0.3, 0.4) is 0 Å². The van der Waals surface area contributed by atoms with Gasteiger partial charge in [0, 0.05) is 18.8 Å². The number of carbonyl (C=O) groups is 2. The van der Waals surface area contributed by atoms with Crippen molar-refractivity contribution in [3.63, 3.8) is 0 Å². The molecule has 0 spiro atoms. The van der Waals surface area contributed by atoms with Gasteiger partial charge in [0.05, 0.1) is 23.4 Å². The van der Waals surface area contributed by atoms with Crippen LogP contribution in [0.25, 0.3) is 0 Å². The summed E-state index contributed by atoms with van der Waals surface area (Å²) in [5, 5.41) is 11.2. The van der Waals surface area contributed by atoms with Gasteiger partial charge in [0.2, 0.25) is 5.91 Å². The van der Waals surface area contributed by atoms with E-state index in [0.717, 1.165) is 17.0 Å². The zero-order valence-electron chi connectivity index (χ0n) is 13.9. The minimum absolute atomic E-state index is 0.164. The number of anilines is 1. The van der Waals surface area contributed by atoms with E-state index in [9.17, 15) is 35.9 Å². The van der Waals surface area contributed by atoms with Gasteiger partial charge in [-0.15, -0.1) is 0 Å². The molecule has 1 unspecified atom stereocenters. The van der Waals surface area contributed by atoms with E-state index in [2.05, 4.69) is 5.32 Å². The van der Waals surface area contributed by atoms with Crippen LogP contribution in [-0.2, 0) is 15.8 Å². The van der Waals surface area contributed by atoms with Crippen molar-refractivity contribution in [3.05, 3.63) is 29.8 Å². The summed E-state index contributed by atoms with van der Waals surface area (Å²) in [6, 6.07) is 2.65. The molecule has 3 atom stereocenters.